The van der Waals surface area contributed by atoms with E-state index in [-0.39, 0.29) is 5.57 Å². The Hall–Kier alpha value is -2.50. The average Bonchev–Trinajstić information content (AvgIpc) is 2.28. The number of aliphatic carboxylic acids is 1. The number of benzene rings is 1. The number of carboxylic acid groups (broad SMARTS) is 1. The quantitative estimate of drug-likeness (QED) is 0.756. The Kier molecular flexibility index (Phi) is 1.85. The van der Waals surface area contributed by atoms with Crippen LogP contribution in [0.5, 0.6) is 5.75 Å². The Balaban J connectivity index is 2.15. The van der Waals surface area contributed by atoms with Crippen molar-refractivity contribution >= 4 is 17.7 Å². The van der Waals surface area contributed by atoms with Crippen molar-refractivity contribution < 1.29 is 19.4 Å². The van der Waals surface area contributed by atoms with Gasteiger partial charge in [-0.3, -0.25) is 5.01 Å². The monoisotopic (exact) mass is 232 g/mol. The van der Waals surface area contributed by atoms with Crippen LogP contribution in [-0.4, -0.2) is 17.2 Å². The predicted molar refractivity (Wildman–Crippen MR) is 57.5 cm³/mol. The third kappa shape index (κ3) is 1.42. The normalized spacial score (nSPS) is 16.6. The van der Waals surface area contributed by atoms with E-state index in [0.29, 0.717) is 17.9 Å². The molecule has 2 heterocycles. The molecule has 0 aliphatic carbocycles. The van der Waals surface area contributed by atoms with Crippen LogP contribution in [0.15, 0.2) is 30.0 Å². The molecule has 0 atom stereocenters. The summed E-state index contributed by atoms with van der Waals surface area (Å²) in [7, 11) is 0. The van der Waals surface area contributed by atoms with Gasteiger partial charge < -0.3 is 9.84 Å². The number of hydrogen-bond acceptors (Lipinski definition) is 4. The second-order valence-corrected chi connectivity index (χ2v) is 3.77. The lowest BCUT2D eigenvalue weighted by Crippen LogP contribution is -2.46. The van der Waals surface area contributed by atoms with E-state index in [1.165, 1.54) is 11.2 Å². The van der Waals surface area contributed by atoms with Crippen molar-refractivity contribution in [3.63, 3.8) is 0 Å². The molecular weight excluding hydrogens is 224 g/mol. The van der Waals surface area contributed by atoms with Crippen molar-refractivity contribution in [3.8, 4) is 5.75 Å². The summed E-state index contributed by atoms with van der Waals surface area (Å²) < 4.78 is 5.01. The molecular formula is C11H8N2O4. The summed E-state index contributed by atoms with van der Waals surface area (Å²) in [6.07, 6.45) is 1.08. The third-order valence-corrected chi connectivity index (χ3v) is 2.68. The third-order valence-electron chi connectivity index (χ3n) is 2.68. The highest BCUT2D eigenvalue weighted by Gasteiger charge is 2.30. The number of carboxylic acids is 1. The summed E-state index contributed by atoms with van der Waals surface area (Å²) in [4.78, 5) is 22.2. The van der Waals surface area contributed by atoms with Crippen LogP contribution in [0, 0.1) is 0 Å². The minimum Gasteiger partial charge on any atom is -0.478 e. The first kappa shape index (κ1) is 9.71. The summed E-state index contributed by atoms with van der Waals surface area (Å²) in [6, 6.07) is 5.21. The summed E-state index contributed by atoms with van der Waals surface area (Å²) in [6.45, 7) is 0. The molecule has 2 aliphatic heterocycles. The van der Waals surface area contributed by atoms with Gasteiger partial charge in [0.2, 0.25) is 0 Å². The molecule has 6 nitrogen and oxygen atoms in total. The van der Waals surface area contributed by atoms with Crippen molar-refractivity contribution in [2.75, 3.05) is 5.01 Å². The Morgan fingerprint density at radius 3 is 3.06 bits per heavy atom. The first-order valence-electron chi connectivity index (χ1n) is 4.99. The van der Waals surface area contributed by atoms with Crippen LogP contribution in [0.4, 0.5) is 10.5 Å². The first-order valence-corrected chi connectivity index (χ1v) is 4.99. The lowest BCUT2D eigenvalue weighted by Gasteiger charge is -2.32. The van der Waals surface area contributed by atoms with Gasteiger partial charge in [0.05, 0.1) is 5.57 Å². The SMILES string of the molecule is O=C1NN2C=C(C(=O)O)Cc3cccc(c32)O1. The maximum absolute atomic E-state index is 11.3. The molecule has 1 aromatic carbocycles. The van der Waals surface area contributed by atoms with E-state index in [0.717, 1.165) is 5.56 Å². The Labute approximate surface area is 96.1 Å². The van der Waals surface area contributed by atoms with Crippen LogP contribution >= 0.6 is 0 Å². The van der Waals surface area contributed by atoms with E-state index in [4.69, 9.17) is 9.84 Å². The van der Waals surface area contributed by atoms with Crippen molar-refractivity contribution in [2.45, 2.75) is 6.42 Å². The topological polar surface area (TPSA) is 78.9 Å². The molecule has 86 valence electrons. The Bertz CT molecular complexity index is 565. The zero-order chi connectivity index (χ0) is 12.0. The zero-order valence-corrected chi connectivity index (χ0v) is 8.64. The summed E-state index contributed by atoms with van der Waals surface area (Å²) in [5.41, 5.74) is 4.15. The van der Waals surface area contributed by atoms with E-state index < -0.39 is 12.1 Å². The molecule has 1 aromatic rings. The van der Waals surface area contributed by atoms with Crippen LogP contribution in [0.2, 0.25) is 0 Å². The van der Waals surface area contributed by atoms with Gasteiger partial charge in [0, 0.05) is 12.6 Å². The predicted octanol–water partition coefficient (Wildman–Crippen LogP) is 1.03. The van der Waals surface area contributed by atoms with Crippen molar-refractivity contribution in [1.29, 1.82) is 0 Å². The van der Waals surface area contributed by atoms with E-state index in [1.54, 1.807) is 12.1 Å². The number of para-hydroxylation sites is 1. The molecule has 2 aliphatic rings. The maximum Gasteiger partial charge on any atom is 0.431 e. The standard InChI is InChI=1S/C11H8N2O4/c14-10(15)7-4-6-2-1-3-8-9(6)13(5-7)12-11(16)17-8/h1-3,5H,4H2,(H,12,16)(H,14,15). The number of ether oxygens (including phenoxy) is 1. The number of anilines is 1. The molecule has 17 heavy (non-hydrogen) atoms. The van der Waals surface area contributed by atoms with Gasteiger partial charge in [-0.1, -0.05) is 12.1 Å². The highest BCUT2D eigenvalue weighted by atomic mass is 16.6. The number of carbonyl (C=O) groups is 2. The lowest BCUT2D eigenvalue weighted by molar-refractivity contribution is -0.132. The van der Waals surface area contributed by atoms with Crippen LogP contribution in [0.1, 0.15) is 5.56 Å². The minimum atomic E-state index is -0.998. The summed E-state index contributed by atoms with van der Waals surface area (Å²) in [5, 5.41) is 10.4. The maximum atomic E-state index is 11.3. The van der Waals surface area contributed by atoms with Gasteiger partial charge in [-0.15, -0.1) is 0 Å². The van der Waals surface area contributed by atoms with Gasteiger partial charge in [-0.25, -0.2) is 15.0 Å². The van der Waals surface area contributed by atoms with Crippen molar-refractivity contribution in [1.82, 2.24) is 5.43 Å². The number of carbonyl (C=O) groups excluding carboxylic acids is 1. The molecule has 0 unspecified atom stereocenters. The van der Waals surface area contributed by atoms with Gasteiger partial charge >= 0.3 is 12.1 Å². The largest absolute Gasteiger partial charge is 0.478 e. The molecule has 0 fully saturated rings. The number of rotatable bonds is 1. The van der Waals surface area contributed by atoms with Gasteiger partial charge in [0.25, 0.3) is 0 Å². The van der Waals surface area contributed by atoms with Gasteiger partial charge in [-0.2, -0.15) is 0 Å². The van der Waals surface area contributed by atoms with Crippen LogP contribution in [-0.2, 0) is 11.2 Å². The molecule has 1 amide bonds. The molecule has 2 N–H and O–H groups in total. The van der Waals surface area contributed by atoms with Gasteiger partial charge in [0.15, 0.2) is 5.75 Å². The van der Waals surface area contributed by atoms with Crippen molar-refractivity contribution in [3.05, 3.63) is 35.5 Å². The molecule has 0 aromatic heterocycles. The highest BCUT2D eigenvalue weighted by molar-refractivity contribution is 5.92. The fraction of sp³-hybridized carbons (Fsp3) is 0.0909. The average molecular weight is 232 g/mol. The Morgan fingerprint density at radius 1 is 1.47 bits per heavy atom. The number of hydrogen-bond donors (Lipinski definition) is 2. The van der Waals surface area contributed by atoms with Crippen molar-refractivity contribution in [2.24, 2.45) is 0 Å². The van der Waals surface area contributed by atoms with E-state index in [9.17, 15) is 9.59 Å². The summed E-state index contributed by atoms with van der Waals surface area (Å²) >= 11 is 0. The van der Waals surface area contributed by atoms with Gasteiger partial charge in [0.1, 0.15) is 5.69 Å². The highest BCUT2D eigenvalue weighted by Crippen LogP contribution is 2.38. The molecule has 0 radical (unpaired) electrons. The van der Waals surface area contributed by atoms with Crippen LogP contribution in [0.25, 0.3) is 0 Å². The van der Waals surface area contributed by atoms with E-state index >= 15 is 0 Å². The minimum absolute atomic E-state index is 0.219. The van der Waals surface area contributed by atoms with Crippen LogP contribution in [0.3, 0.4) is 0 Å². The smallest absolute Gasteiger partial charge is 0.431 e. The fourth-order valence-corrected chi connectivity index (χ4v) is 1.98. The second-order valence-electron chi connectivity index (χ2n) is 3.77. The Morgan fingerprint density at radius 2 is 2.29 bits per heavy atom. The molecule has 0 bridgehead atoms. The number of hydrazine groups is 1. The molecule has 0 saturated carbocycles. The molecule has 6 heteroatoms. The zero-order valence-electron chi connectivity index (χ0n) is 8.64. The lowest BCUT2D eigenvalue weighted by atomic mass is 10.00. The number of nitrogens with one attached hydrogen (secondary N) is 1. The van der Waals surface area contributed by atoms with E-state index in [1.807, 2.05) is 6.07 Å². The number of amides is 1. The second kappa shape index (κ2) is 3.24. The number of nitrogens with zero attached hydrogens (tertiary/aromatic N) is 1. The molecule has 0 saturated heterocycles. The molecule has 3 rings (SSSR count). The van der Waals surface area contributed by atoms with E-state index in [2.05, 4.69) is 5.43 Å². The summed E-state index contributed by atoms with van der Waals surface area (Å²) in [5.74, 6) is -0.561. The van der Waals surface area contributed by atoms with Gasteiger partial charge in [-0.05, 0) is 11.6 Å². The fourth-order valence-electron chi connectivity index (χ4n) is 1.98. The van der Waals surface area contributed by atoms with Crippen LogP contribution < -0.4 is 15.2 Å². The molecule has 0 spiro atoms. The first-order chi connectivity index (χ1) is 8.15.